The molecule has 4 heterocycles. The Balaban J connectivity index is 1.25. The van der Waals surface area contributed by atoms with E-state index in [1.54, 1.807) is 4.90 Å². The lowest BCUT2D eigenvalue weighted by Crippen LogP contribution is -2.44. The van der Waals surface area contributed by atoms with Gasteiger partial charge in [-0.15, -0.1) is 0 Å². The lowest BCUT2D eigenvalue weighted by atomic mass is 9.97. The van der Waals surface area contributed by atoms with Crippen LogP contribution >= 0.6 is 11.6 Å². The zero-order valence-corrected chi connectivity index (χ0v) is 30.7. The Labute approximate surface area is 295 Å². The molecule has 49 heavy (non-hydrogen) atoms. The highest BCUT2D eigenvalue weighted by Crippen LogP contribution is 2.33. The third-order valence-electron chi connectivity index (χ3n) is 9.34. The van der Waals surface area contributed by atoms with Gasteiger partial charge in [0.05, 0.1) is 30.2 Å². The average molecular weight is 708 g/mol. The molecule has 262 valence electrons. The Morgan fingerprint density at radius 3 is 2.61 bits per heavy atom. The van der Waals surface area contributed by atoms with Crippen LogP contribution in [0, 0.1) is 11.8 Å². The molecule has 0 aliphatic carbocycles. The van der Waals surface area contributed by atoms with Gasteiger partial charge >= 0.3 is 6.09 Å². The monoisotopic (exact) mass is 707 g/mol. The van der Waals surface area contributed by atoms with Gasteiger partial charge in [-0.1, -0.05) is 35.6 Å². The summed E-state index contributed by atoms with van der Waals surface area (Å²) in [5.74, 6) is 6.54. The highest BCUT2D eigenvalue weighted by atomic mass is 35.5. The van der Waals surface area contributed by atoms with Crippen molar-refractivity contribution in [2.24, 2.45) is 0 Å². The normalized spacial score (nSPS) is 18.7. The first-order valence-corrected chi connectivity index (χ1v) is 19.2. The lowest BCUT2D eigenvalue weighted by Gasteiger charge is -2.33. The number of halogens is 1. The Bertz CT molecular complexity index is 1890. The fourth-order valence-corrected chi connectivity index (χ4v) is 7.66. The van der Waals surface area contributed by atoms with Crippen molar-refractivity contribution in [1.29, 1.82) is 0 Å². The average Bonchev–Trinajstić information content (AvgIpc) is 3.41. The molecule has 2 aromatic carbocycles. The molecule has 3 aliphatic rings. The highest BCUT2D eigenvalue weighted by molar-refractivity contribution is 7.88. The van der Waals surface area contributed by atoms with Crippen LogP contribution in [0.25, 0.3) is 11.3 Å². The van der Waals surface area contributed by atoms with Crippen LogP contribution in [0.15, 0.2) is 36.4 Å². The standard InChI is InChI=1S/C37H46ClN5O5S/c1-26-25-47-20-19-40(26)15-6-16-43-34-14-18-42(49(5,45)46)24-32(34)35(39-43)30-11-12-33(38)29(22-30)10-8-27-7-9-28-13-17-41(23-31(28)21-27)36(44)48-37(2,3)4/h7,9,11-12,21-22,26H,6,13-20,23-25H2,1-5H3/t26-/m0/s1. The number of carbonyl (C=O) groups is 1. The van der Waals surface area contributed by atoms with Gasteiger partial charge in [0.25, 0.3) is 0 Å². The van der Waals surface area contributed by atoms with Gasteiger partial charge in [0, 0.05) is 86.2 Å². The number of nitrogens with zero attached hydrogens (tertiary/aromatic N) is 5. The molecule has 0 bridgehead atoms. The van der Waals surface area contributed by atoms with Gasteiger partial charge in [-0.05, 0) is 75.9 Å². The fourth-order valence-electron chi connectivity index (χ4n) is 6.71. The van der Waals surface area contributed by atoms with E-state index >= 15 is 0 Å². The van der Waals surface area contributed by atoms with Crippen LogP contribution in [0.3, 0.4) is 0 Å². The largest absolute Gasteiger partial charge is 0.444 e. The van der Waals surface area contributed by atoms with Crippen LogP contribution in [0.4, 0.5) is 4.79 Å². The Morgan fingerprint density at radius 2 is 1.86 bits per heavy atom. The van der Waals surface area contributed by atoms with E-state index in [-0.39, 0.29) is 12.6 Å². The van der Waals surface area contributed by atoms with Gasteiger partial charge in [-0.25, -0.2) is 13.2 Å². The second-order valence-electron chi connectivity index (χ2n) is 14.2. The minimum Gasteiger partial charge on any atom is -0.444 e. The molecule has 0 saturated carbocycles. The van der Waals surface area contributed by atoms with E-state index in [1.807, 2.05) is 51.1 Å². The maximum Gasteiger partial charge on any atom is 0.410 e. The number of rotatable bonds is 6. The molecule has 3 aliphatic heterocycles. The molecular formula is C37H46ClN5O5S. The van der Waals surface area contributed by atoms with Gasteiger partial charge in [0.15, 0.2) is 0 Å². The number of hydrogen-bond donors (Lipinski definition) is 0. The molecular weight excluding hydrogens is 662 g/mol. The van der Waals surface area contributed by atoms with Crippen molar-refractivity contribution in [1.82, 2.24) is 23.9 Å². The second kappa shape index (κ2) is 14.4. The molecule has 0 unspecified atom stereocenters. The predicted molar refractivity (Wildman–Crippen MR) is 191 cm³/mol. The van der Waals surface area contributed by atoms with Crippen molar-refractivity contribution in [3.8, 4) is 23.1 Å². The third kappa shape index (κ3) is 8.50. The van der Waals surface area contributed by atoms with E-state index < -0.39 is 15.6 Å². The van der Waals surface area contributed by atoms with Gasteiger partial charge in [0.2, 0.25) is 10.0 Å². The van der Waals surface area contributed by atoms with Crippen molar-refractivity contribution in [2.45, 2.75) is 78.2 Å². The summed E-state index contributed by atoms with van der Waals surface area (Å²) in [6.07, 6.45) is 3.25. The summed E-state index contributed by atoms with van der Waals surface area (Å²) in [4.78, 5) is 16.9. The summed E-state index contributed by atoms with van der Waals surface area (Å²) in [5.41, 5.74) is 6.82. The van der Waals surface area contributed by atoms with Crippen molar-refractivity contribution >= 4 is 27.7 Å². The van der Waals surface area contributed by atoms with Gasteiger partial charge in [-0.3, -0.25) is 9.58 Å². The Morgan fingerprint density at radius 1 is 1.04 bits per heavy atom. The van der Waals surface area contributed by atoms with Crippen LogP contribution in [-0.4, -0.2) is 95.7 Å². The van der Waals surface area contributed by atoms with Crippen LogP contribution in [0.1, 0.15) is 67.6 Å². The highest BCUT2D eigenvalue weighted by Gasteiger charge is 2.30. The lowest BCUT2D eigenvalue weighted by molar-refractivity contribution is -0.00122. The molecule has 6 rings (SSSR count). The molecule has 1 amide bonds. The topological polar surface area (TPSA) is 97.2 Å². The molecule has 1 fully saturated rings. The van der Waals surface area contributed by atoms with Crippen LogP contribution in [0.5, 0.6) is 0 Å². The summed E-state index contributed by atoms with van der Waals surface area (Å²) >= 11 is 6.67. The number of carbonyl (C=O) groups excluding carboxylic acids is 1. The van der Waals surface area contributed by atoms with Crippen molar-refractivity contribution < 1.29 is 22.7 Å². The zero-order valence-electron chi connectivity index (χ0n) is 29.1. The summed E-state index contributed by atoms with van der Waals surface area (Å²) in [7, 11) is -3.37. The van der Waals surface area contributed by atoms with E-state index in [1.165, 1.54) is 16.1 Å². The number of benzene rings is 2. The first-order valence-electron chi connectivity index (χ1n) is 17.0. The molecule has 1 saturated heterocycles. The minimum atomic E-state index is -3.37. The number of fused-ring (bicyclic) bond motifs is 2. The number of aryl methyl sites for hydroxylation is 1. The molecule has 3 aromatic rings. The van der Waals surface area contributed by atoms with Gasteiger partial charge in [-0.2, -0.15) is 9.40 Å². The number of amides is 1. The van der Waals surface area contributed by atoms with E-state index in [0.29, 0.717) is 42.7 Å². The Kier molecular flexibility index (Phi) is 10.4. The second-order valence-corrected chi connectivity index (χ2v) is 16.6. The number of ether oxygens (including phenoxy) is 2. The van der Waals surface area contributed by atoms with E-state index in [0.717, 1.165) is 79.3 Å². The summed E-state index contributed by atoms with van der Waals surface area (Å²) in [5, 5.41) is 5.60. The van der Waals surface area contributed by atoms with E-state index in [2.05, 4.69) is 34.4 Å². The van der Waals surface area contributed by atoms with Crippen LogP contribution < -0.4 is 0 Å². The van der Waals surface area contributed by atoms with Crippen LogP contribution in [-0.2, 0) is 52.0 Å². The number of hydrogen-bond acceptors (Lipinski definition) is 7. The quantitative estimate of drug-likeness (QED) is 0.320. The zero-order chi connectivity index (χ0) is 34.9. The third-order valence-corrected chi connectivity index (χ3v) is 10.9. The molecule has 0 spiro atoms. The SMILES string of the molecule is C[C@H]1COCCN1CCCn1nc(-c2ccc(Cl)c(C#Cc3ccc4c(c3)CN(C(=O)OC(C)(C)C)CC4)c2)c2c1CCN(S(C)(=O)=O)C2. The smallest absolute Gasteiger partial charge is 0.410 e. The molecule has 0 radical (unpaired) electrons. The van der Waals surface area contributed by atoms with Gasteiger partial charge in [0.1, 0.15) is 5.60 Å². The molecule has 1 atom stereocenters. The van der Waals surface area contributed by atoms with E-state index in [4.69, 9.17) is 26.2 Å². The molecule has 0 N–H and O–H groups in total. The molecule has 10 nitrogen and oxygen atoms in total. The number of morpholine rings is 1. The summed E-state index contributed by atoms with van der Waals surface area (Å²) < 4.78 is 39.9. The predicted octanol–water partition coefficient (Wildman–Crippen LogP) is 5.33. The first kappa shape index (κ1) is 35.4. The van der Waals surface area contributed by atoms with Crippen molar-refractivity contribution in [2.75, 3.05) is 45.6 Å². The summed E-state index contributed by atoms with van der Waals surface area (Å²) in [6.45, 7) is 13.7. The fraction of sp³-hybridized carbons (Fsp3) is 0.514. The minimum absolute atomic E-state index is 0.281. The number of sulfonamides is 1. The van der Waals surface area contributed by atoms with Crippen molar-refractivity contribution in [3.05, 3.63) is 74.9 Å². The maximum absolute atomic E-state index is 12.7. The van der Waals surface area contributed by atoms with Crippen LogP contribution in [0.2, 0.25) is 5.02 Å². The molecule has 1 aromatic heterocycles. The first-order chi connectivity index (χ1) is 23.2. The Hall–Kier alpha value is -3.40. The number of aromatic nitrogens is 2. The molecule has 12 heteroatoms. The van der Waals surface area contributed by atoms with E-state index in [9.17, 15) is 13.2 Å². The van der Waals surface area contributed by atoms with Crippen molar-refractivity contribution in [3.63, 3.8) is 0 Å². The summed E-state index contributed by atoms with van der Waals surface area (Å²) in [6, 6.07) is 12.2. The maximum atomic E-state index is 12.7. The van der Waals surface area contributed by atoms with Gasteiger partial charge < -0.3 is 14.4 Å².